The molecule has 3 nitrogen and oxygen atoms in total. The van der Waals surface area contributed by atoms with Crippen LogP contribution in [-0.4, -0.2) is 23.3 Å². The smallest absolute Gasteiger partial charge is 0.177 e. The molecule has 1 rings (SSSR count). The average Bonchev–Trinajstić information content (AvgIpc) is 2.31. The SMILES string of the molecule is COCCc1cnc(Br)n1C. The summed E-state index contributed by atoms with van der Waals surface area (Å²) in [5.41, 5.74) is 1.18. The van der Waals surface area contributed by atoms with Crippen LogP contribution in [0.15, 0.2) is 10.9 Å². The average molecular weight is 219 g/mol. The van der Waals surface area contributed by atoms with Gasteiger partial charge in [-0.15, -0.1) is 0 Å². The molecule has 0 fully saturated rings. The van der Waals surface area contributed by atoms with Crippen LogP contribution in [0.3, 0.4) is 0 Å². The van der Waals surface area contributed by atoms with Gasteiger partial charge in [0.1, 0.15) is 0 Å². The first-order valence-electron chi connectivity index (χ1n) is 3.40. The molecule has 0 saturated carbocycles. The van der Waals surface area contributed by atoms with E-state index in [9.17, 15) is 0 Å². The molecule has 0 saturated heterocycles. The molecule has 11 heavy (non-hydrogen) atoms. The molecule has 1 heterocycles. The molecule has 1 aromatic heterocycles. The Balaban J connectivity index is 2.63. The minimum Gasteiger partial charge on any atom is -0.384 e. The Morgan fingerprint density at radius 1 is 1.73 bits per heavy atom. The molecule has 0 amide bonds. The Morgan fingerprint density at radius 3 is 2.91 bits per heavy atom. The van der Waals surface area contributed by atoms with Gasteiger partial charge in [-0.25, -0.2) is 4.98 Å². The lowest BCUT2D eigenvalue weighted by Gasteiger charge is -2.00. The number of methoxy groups -OCH3 is 1. The second-order valence-electron chi connectivity index (χ2n) is 2.32. The third kappa shape index (κ3) is 2.04. The summed E-state index contributed by atoms with van der Waals surface area (Å²) in [4.78, 5) is 4.09. The molecule has 0 aromatic carbocycles. The molecule has 62 valence electrons. The van der Waals surface area contributed by atoms with Crippen LogP contribution >= 0.6 is 15.9 Å². The molecule has 1 aromatic rings. The molecule has 0 spiro atoms. The van der Waals surface area contributed by atoms with E-state index in [2.05, 4.69) is 20.9 Å². The Hall–Kier alpha value is -0.350. The molecule has 0 aliphatic heterocycles. The normalized spacial score (nSPS) is 10.5. The van der Waals surface area contributed by atoms with E-state index in [1.54, 1.807) is 7.11 Å². The van der Waals surface area contributed by atoms with E-state index in [0.29, 0.717) is 0 Å². The largest absolute Gasteiger partial charge is 0.384 e. The van der Waals surface area contributed by atoms with E-state index >= 15 is 0 Å². The first-order valence-corrected chi connectivity index (χ1v) is 4.20. The minimum atomic E-state index is 0.742. The number of hydrogen-bond donors (Lipinski definition) is 0. The summed E-state index contributed by atoms with van der Waals surface area (Å²) in [5, 5.41) is 0. The van der Waals surface area contributed by atoms with Crippen LogP contribution in [0.4, 0.5) is 0 Å². The van der Waals surface area contributed by atoms with Crippen molar-refractivity contribution in [1.82, 2.24) is 9.55 Å². The summed E-state index contributed by atoms with van der Waals surface area (Å²) in [6, 6.07) is 0. The summed E-state index contributed by atoms with van der Waals surface area (Å²) in [5.74, 6) is 0. The van der Waals surface area contributed by atoms with Crippen molar-refractivity contribution in [1.29, 1.82) is 0 Å². The monoisotopic (exact) mass is 218 g/mol. The van der Waals surface area contributed by atoms with Gasteiger partial charge in [0.2, 0.25) is 0 Å². The lowest BCUT2D eigenvalue weighted by molar-refractivity contribution is 0.200. The van der Waals surface area contributed by atoms with E-state index < -0.39 is 0 Å². The zero-order chi connectivity index (χ0) is 8.27. The van der Waals surface area contributed by atoms with Gasteiger partial charge in [-0.05, 0) is 15.9 Å². The topological polar surface area (TPSA) is 27.1 Å². The van der Waals surface area contributed by atoms with E-state index in [0.717, 1.165) is 17.8 Å². The van der Waals surface area contributed by atoms with E-state index in [-0.39, 0.29) is 0 Å². The van der Waals surface area contributed by atoms with Crippen molar-refractivity contribution in [2.24, 2.45) is 7.05 Å². The van der Waals surface area contributed by atoms with Gasteiger partial charge in [-0.2, -0.15) is 0 Å². The quantitative estimate of drug-likeness (QED) is 0.767. The summed E-state index contributed by atoms with van der Waals surface area (Å²) < 4.78 is 7.82. The van der Waals surface area contributed by atoms with Crippen molar-refractivity contribution in [2.45, 2.75) is 6.42 Å². The van der Waals surface area contributed by atoms with Crippen molar-refractivity contribution in [3.05, 3.63) is 16.6 Å². The highest BCUT2D eigenvalue weighted by Gasteiger charge is 2.01. The summed E-state index contributed by atoms with van der Waals surface area (Å²) in [7, 11) is 3.67. The van der Waals surface area contributed by atoms with Crippen LogP contribution in [0, 0.1) is 0 Å². The second kappa shape index (κ2) is 3.88. The molecular weight excluding hydrogens is 208 g/mol. The minimum absolute atomic E-state index is 0.742. The first kappa shape index (κ1) is 8.74. The summed E-state index contributed by atoms with van der Waals surface area (Å²) in [6.07, 6.45) is 2.76. The highest BCUT2D eigenvalue weighted by atomic mass is 79.9. The van der Waals surface area contributed by atoms with Gasteiger partial charge in [0.05, 0.1) is 6.61 Å². The zero-order valence-electron chi connectivity index (χ0n) is 6.67. The molecule has 4 heteroatoms. The second-order valence-corrected chi connectivity index (χ2v) is 3.03. The van der Waals surface area contributed by atoms with Crippen molar-refractivity contribution in [2.75, 3.05) is 13.7 Å². The lowest BCUT2D eigenvalue weighted by atomic mass is 10.3. The van der Waals surface area contributed by atoms with Crippen molar-refractivity contribution in [3.63, 3.8) is 0 Å². The van der Waals surface area contributed by atoms with Gasteiger partial charge in [0.25, 0.3) is 0 Å². The molecule has 0 aliphatic carbocycles. The van der Waals surface area contributed by atoms with Crippen molar-refractivity contribution < 1.29 is 4.74 Å². The predicted octanol–water partition coefficient (Wildman–Crippen LogP) is 1.37. The van der Waals surface area contributed by atoms with E-state index in [1.165, 1.54) is 5.69 Å². The number of imidazole rings is 1. The number of ether oxygens (including phenoxy) is 1. The van der Waals surface area contributed by atoms with Crippen molar-refractivity contribution in [3.8, 4) is 0 Å². The van der Waals surface area contributed by atoms with Crippen LogP contribution in [0.2, 0.25) is 0 Å². The lowest BCUT2D eigenvalue weighted by Crippen LogP contribution is -2.00. The first-order chi connectivity index (χ1) is 5.25. The van der Waals surface area contributed by atoms with Gasteiger partial charge < -0.3 is 9.30 Å². The molecule has 0 aliphatic rings. The molecular formula is C7H11BrN2O. The third-order valence-corrected chi connectivity index (χ3v) is 2.33. The number of halogens is 1. The van der Waals surface area contributed by atoms with Crippen LogP contribution in [0.5, 0.6) is 0 Å². The van der Waals surface area contributed by atoms with Gasteiger partial charge in [-0.3, -0.25) is 0 Å². The number of hydrogen-bond acceptors (Lipinski definition) is 2. The van der Waals surface area contributed by atoms with Gasteiger partial charge >= 0.3 is 0 Å². The number of rotatable bonds is 3. The van der Waals surface area contributed by atoms with E-state index in [4.69, 9.17) is 4.74 Å². The Kier molecular flexibility index (Phi) is 3.08. The highest BCUT2D eigenvalue weighted by Crippen LogP contribution is 2.09. The van der Waals surface area contributed by atoms with Crippen LogP contribution in [-0.2, 0) is 18.2 Å². The van der Waals surface area contributed by atoms with Crippen LogP contribution < -0.4 is 0 Å². The fraction of sp³-hybridized carbons (Fsp3) is 0.571. The maximum Gasteiger partial charge on any atom is 0.177 e. The standard InChI is InChI=1S/C7H11BrN2O/c1-10-6(3-4-11-2)5-9-7(10)8/h5H,3-4H2,1-2H3. The Morgan fingerprint density at radius 2 is 2.45 bits per heavy atom. The number of aromatic nitrogens is 2. The van der Waals surface area contributed by atoms with Gasteiger partial charge in [-0.1, -0.05) is 0 Å². The third-order valence-electron chi connectivity index (χ3n) is 1.59. The predicted molar refractivity (Wildman–Crippen MR) is 46.5 cm³/mol. The Bertz CT molecular complexity index is 234. The zero-order valence-corrected chi connectivity index (χ0v) is 8.26. The molecule has 0 N–H and O–H groups in total. The number of nitrogens with zero attached hydrogens (tertiary/aromatic N) is 2. The Labute approximate surface area is 74.5 Å². The van der Waals surface area contributed by atoms with E-state index in [1.807, 2.05) is 17.8 Å². The fourth-order valence-corrected chi connectivity index (χ4v) is 1.19. The maximum absolute atomic E-state index is 4.95. The van der Waals surface area contributed by atoms with Gasteiger partial charge in [0, 0.05) is 32.5 Å². The van der Waals surface area contributed by atoms with Gasteiger partial charge in [0.15, 0.2) is 4.73 Å². The summed E-state index contributed by atoms with van der Waals surface area (Å²) >= 11 is 3.32. The molecule has 0 atom stereocenters. The van der Waals surface area contributed by atoms with Crippen LogP contribution in [0.1, 0.15) is 5.69 Å². The fourth-order valence-electron chi connectivity index (χ4n) is 0.858. The van der Waals surface area contributed by atoms with Crippen LogP contribution in [0.25, 0.3) is 0 Å². The molecule has 0 radical (unpaired) electrons. The highest BCUT2D eigenvalue weighted by molar-refractivity contribution is 9.10. The summed E-state index contributed by atoms with van der Waals surface area (Å²) in [6.45, 7) is 0.742. The van der Waals surface area contributed by atoms with Crippen molar-refractivity contribution >= 4 is 15.9 Å². The maximum atomic E-state index is 4.95. The molecule has 0 unspecified atom stereocenters. The molecule has 0 bridgehead atoms.